The lowest BCUT2D eigenvalue weighted by Gasteiger charge is -2.02. The fourth-order valence-electron chi connectivity index (χ4n) is 2.67. The number of hydrogen-bond donors (Lipinski definition) is 2. The zero-order valence-corrected chi connectivity index (χ0v) is 16.4. The maximum absolute atomic E-state index is 5.49. The highest BCUT2D eigenvalue weighted by molar-refractivity contribution is 7.80. The molecule has 1 aromatic rings. The van der Waals surface area contributed by atoms with E-state index in [0.717, 1.165) is 25.4 Å². The summed E-state index contributed by atoms with van der Waals surface area (Å²) < 4.78 is 4.50. The molecule has 130 valence electrons. The average Bonchev–Trinajstić information content (AvgIpc) is 2.93. The number of hydrogen-bond acceptors (Lipinski definition) is 2. The first-order valence-corrected chi connectivity index (χ1v) is 9.36. The summed E-state index contributed by atoms with van der Waals surface area (Å²) in [4.78, 5) is 0. The van der Waals surface area contributed by atoms with Gasteiger partial charge in [0.05, 0.1) is 13.1 Å². The summed E-state index contributed by atoms with van der Waals surface area (Å²) in [6.07, 6.45) is 20.1. The van der Waals surface area contributed by atoms with Crippen LogP contribution in [0.15, 0.2) is 18.7 Å². The number of aryl methyl sites for hydroxylation is 2. The van der Waals surface area contributed by atoms with Crippen molar-refractivity contribution in [1.29, 1.82) is 0 Å². The quantitative estimate of drug-likeness (QED) is 0.271. The number of aromatic nitrogens is 2. The Hall–Kier alpha value is 0. The molecule has 0 atom stereocenters. The molecule has 5 heteroatoms. The van der Waals surface area contributed by atoms with Crippen LogP contribution in [0.2, 0.25) is 0 Å². The Labute approximate surface area is 152 Å². The van der Waals surface area contributed by atoms with Gasteiger partial charge in [-0.2, -0.15) is 12.6 Å². The number of nitrogens with two attached hydrogens (primary N) is 1. The van der Waals surface area contributed by atoms with Gasteiger partial charge in [0, 0.05) is 5.75 Å². The van der Waals surface area contributed by atoms with E-state index in [4.69, 9.17) is 5.73 Å². The van der Waals surface area contributed by atoms with Gasteiger partial charge in [-0.1, -0.05) is 44.9 Å². The van der Waals surface area contributed by atoms with E-state index in [2.05, 4.69) is 40.5 Å². The molecule has 0 aliphatic carbocycles. The zero-order valence-electron chi connectivity index (χ0n) is 13.9. The number of nitrogens with zero attached hydrogens (tertiary/aromatic N) is 2. The van der Waals surface area contributed by atoms with Crippen LogP contribution >= 0.6 is 12.6 Å². The second kappa shape index (κ2) is 15.9. The minimum atomic E-state index is 0. The molecule has 0 fully saturated rings. The molecule has 0 unspecified atom stereocenters. The second-order valence-corrected chi connectivity index (χ2v) is 6.38. The first-order valence-electron chi connectivity index (χ1n) is 8.72. The topological polar surface area (TPSA) is 34.8 Å². The molecule has 0 aromatic carbocycles. The van der Waals surface area contributed by atoms with E-state index in [1.165, 1.54) is 64.2 Å². The van der Waals surface area contributed by atoms with Crippen LogP contribution < -0.4 is 27.3 Å². The molecule has 0 aliphatic rings. The Balaban J connectivity index is 0.00000441. The SMILES string of the molecule is NCCCCCCCCCCCCn1cc[n+](CCS)c1.[Br-]. The summed E-state index contributed by atoms with van der Waals surface area (Å²) in [6, 6.07) is 0. The van der Waals surface area contributed by atoms with Crippen LogP contribution in [0.5, 0.6) is 0 Å². The van der Waals surface area contributed by atoms with Crippen LogP contribution in [0.25, 0.3) is 0 Å². The molecule has 0 aliphatic heterocycles. The van der Waals surface area contributed by atoms with Gasteiger partial charge < -0.3 is 22.7 Å². The molecule has 0 saturated carbocycles. The molecule has 1 heterocycles. The molecule has 1 rings (SSSR count). The minimum absolute atomic E-state index is 0. The highest BCUT2D eigenvalue weighted by Crippen LogP contribution is 2.10. The van der Waals surface area contributed by atoms with Gasteiger partial charge in [-0.05, 0) is 25.8 Å². The average molecular weight is 392 g/mol. The maximum Gasteiger partial charge on any atom is 0.243 e. The number of halogens is 1. The molecule has 3 nitrogen and oxygen atoms in total. The highest BCUT2D eigenvalue weighted by atomic mass is 79.9. The Bertz CT molecular complexity index is 344. The second-order valence-electron chi connectivity index (χ2n) is 5.94. The lowest BCUT2D eigenvalue weighted by molar-refractivity contribution is -0.691. The van der Waals surface area contributed by atoms with E-state index in [1.54, 1.807) is 0 Å². The molecule has 0 bridgehead atoms. The fraction of sp³-hybridized carbons (Fsp3) is 0.824. The normalized spacial score (nSPS) is 10.6. The monoisotopic (exact) mass is 391 g/mol. The summed E-state index contributed by atoms with van der Waals surface area (Å²) in [5, 5.41) is 0. The predicted octanol–water partition coefficient (Wildman–Crippen LogP) is 0.569. The molecular weight excluding hydrogens is 358 g/mol. The summed E-state index contributed by atoms with van der Waals surface area (Å²) >= 11 is 4.26. The van der Waals surface area contributed by atoms with E-state index in [0.29, 0.717) is 0 Å². The third-order valence-electron chi connectivity index (χ3n) is 3.97. The Morgan fingerprint density at radius 2 is 1.41 bits per heavy atom. The summed E-state index contributed by atoms with van der Waals surface area (Å²) in [5.41, 5.74) is 5.49. The van der Waals surface area contributed by atoms with Gasteiger partial charge in [0.25, 0.3) is 0 Å². The lowest BCUT2D eigenvalue weighted by Crippen LogP contribution is -3.00. The highest BCUT2D eigenvalue weighted by Gasteiger charge is 2.02. The molecule has 0 radical (unpaired) electrons. The molecular formula is C17H34BrN3S. The predicted molar refractivity (Wildman–Crippen MR) is 93.7 cm³/mol. The smallest absolute Gasteiger partial charge is 0.243 e. The first kappa shape index (κ1) is 22.0. The standard InChI is InChI=1S/C17H33N3S.BrH/c18-11-9-7-5-3-1-2-4-6-8-10-12-19-13-14-20(17-19)15-16-21;/h13-14,17H,1-12,15-16,18H2;1H. The van der Waals surface area contributed by atoms with Gasteiger partial charge in [0.15, 0.2) is 0 Å². The van der Waals surface area contributed by atoms with Gasteiger partial charge in [0.2, 0.25) is 6.33 Å². The lowest BCUT2D eigenvalue weighted by atomic mass is 10.1. The third-order valence-corrected chi connectivity index (χ3v) is 4.17. The van der Waals surface area contributed by atoms with Crippen molar-refractivity contribution < 1.29 is 21.5 Å². The minimum Gasteiger partial charge on any atom is -1.00 e. The largest absolute Gasteiger partial charge is 1.00 e. The fourth-order valence-corrected chi connectivity index (χ4v) is 2.90. The number of rotatable bonds is 14. The van der Waals surface area contributed by atoms with Crippen LogP contribution in [0.3, 0.4) is 0 Å². The summed E-state index contributed by atoms with van der Waals surface area (Å²) in [6.45, 7) is 3.01. The molecule has 0 amide bonds. The summed E-state index contributed by atoms with van der Waals surface area (Å²) in [5.74, 6) is 0.904. The van der Waals surface area contributed by atoms with E-state index >= 15 is 0 Å². The maximum atomic E-state index is 5.49. The van der Waals surface area contributed by atoms with Crippen molar-refractivity contribution in [3.8, 4) is 0 Å². The Morgan fingerprint density at radius 3 is 1.95 bits per heavy atom. The van der Waals surface area contributed by atoms with E-state index in [1.807, 2.05) is 0 Å². The summed E-state index contributed by atoms with van der Waals surface area (Å²) in [7, 11) is 0. The van der Waals surface area contributed by atoms with Gasteiger partial charge in [-0.25, -0.2) is 9.13 Å². The van der Waals surface area contributed by atoms with Gasteiger partial charge in [0.1, 0.15) is 12.4 Å². The van der Waals surface area contributed by atoms with Gasteiger partial charge >= 0.3 is 0 Å². The van der Waals surface area contributed by atoms with Crippen molar-refractivity contribution in [2.75, 3.05) is 12.3 Å². The van der Waals surface area contributed by atoms with Crippen molar-refractivity contribution in [3.05, 3.63) is 18.7 Å². The molecule has 1 aromatic heterocycles. The molecule has 0 spiro atoms. The third kappa shape index (κ3) is 11.6. The van der Waals surface area contributed by atoms with E-state index < -0.39 is 0 Å². The van der Waals surface area contributed by atoms with Crippen molar-refractivity contribution in [2.24, 2.45) is 5.73 Å². The van der Waals surface area contributed by atoms with Gasteiger partial charge in [-0.3, -0.25) is 0 Å². The molecule has 0 saturated heterocycles. The van der Waals surface area contributed by atoms with Crippen LogP contribution in [-0.4, -0.2) is 16.9 Å². The number of thiol groups is 1. The van der Waals surface area contributed by atoms with Crippen molar-refractivity contribution in [2.45, 2.75) is 77.3 Å². The van der Waals surface area contributed by atoms with Crippen LogP contribution in [-0.2, 0) is 13.1 Å². The number of unbranched alkanes of at least 4 members (excludes halogenated alkanes) is 9. The molecule has 2 N–H and O–H groups in total. The van der Waals surface area contributed by atoms with Gasteiger partial charge in [-0.15, -0.1) is 0 Å². The zero-order chi connectivity index (χ0) is 15.2. The Morgan fingerprint density at radius 1 is 0.864 bits per heavy atom. The van der Waals surface area contributed by atoms with E-state index in [9.17, 15) is 0 Å². The first-order chi connectivity index (χ1) is 10.4. The van der Waals surface area contributed by atoms with Crippen LogP contribution in [0, 0.1) is 0 Å². The van der Waals surface area contributed by atoms with Crippen molar-refractivity contribution >= 4 is 12.6 Å². The van der Waals surface area contributed by atoms with Crippen molar-refractivity contribution in [1.82, 2.24) is 4.57 Å². The van der Waals surface area contributed by atoms with E-state index in [-0.39, 0.29) is 17.0 Å². The van der Waals surface area contributed by atoms with Crippen LogP contribution in [0.4, 0.5) is 0 Å². The number of imidazole rings is 1. The van der Waals surface area contributed by atoms with Crippen LogP contribution in [0.1, 0.15) is 64.2 Å². The molecule has 22 heavy (non-hydrogen) atoms. The Kier molecular flexibility index (Phi) is 15.9. The van der Waals surface area contributed by atoms with Crippen molar-refractivity contribution in [3.63, 3.8) is 0 Å².